The Hall–Kier alpha value is -2.60. The zero-order valence-corrected chi connectivity index (χ0v) is 19.1. The summed E-state index contributed by atoms with van der Waals surface area (Å²) in [5.74, 6) is 0.251. The minimum Gasteiger partial charge on any atom is -0.341 e. The first-order valence-corrected chi connectivity index (χ1v) is 11.2. The maximum Gasteiger partial charge on any atom is 0.262 e. The van der Waals surface area contributed by atoms with Crippen LogP contribution in [0.1, 0.15) is 43.0 Å². The molecule has 1 aromatic heterocycles. The number of para-hydroxylation sites is 1. The quantitative estimate of drug-likeness (QED) is 0.407. The highest BCUT2D eigenvalue weighted by atomic mass is 32.2. The summed E-state index contributed by atoms with van der Waals surface area (Å²) in [5, 5.41) is 1.21. The zero-order valence-electron chi connectivity index (χ0n) is 18.3. The zero-order chi connectivity index (χ0) is 21.8. The summed E-state index contributed by atoms with van der Waals surface area (Å²) in [7, 11) is 1.82. The van der Waals surface area contributed by atoms with Gasteiger partial charge in [-0.1, -0.05) is 54.6 Å². The van der Waals surface area contributed by atoms with Gasteiger partial charge in [-0.25, -0.2) is 4.98 Å². The molecule has 1 amide bonds. The second-order valence-corrected chi connectivity index (χ2v) is 8.75. The second-order valence-electron chi connectivity index (χ2n) is 7.81. The third-order valence-electron chi connectivity index (χ3n) is 5.46. The van der Waals surface area contributed by atoms with Crippen molar-refractivity contribution in [2.24, 2.45) is 0 Å². The number of benzene rings is 2. The van der Waals surface area contributed by atoms with E-state index in [-0.39, 0.29) is 23.3 Å². The average Bonchev–Trinajstić information content (AvgIpc) is 2.73. The molecule has 0 radical (unpaired) electrons. The molecule has 2 aromatic carbocycles. The number of thioether (sulfide) groups is 1. The van der Waals surface area contributed by atoms with Crippen molar-refractivity contribution >= 4 is 28.6 Å². The Morgan fingerprint density at radius 2 is 1.93 bits per heavy atom. The lowest BCUT2D eigenvalue weighted by atomic mass is 10.1. The van der Waals surface area contributed by atoms with Crippen LogP contribution in [0.3, 0.4) is 0 Å². The molecule has 0 unspecified atom stereocenters. The van der Waals surface area contributed by atoms with Gasteiger partial charge in [0.2, 0.25) is 5.91 Å². The van der Waals surface area contributed by atoms with E-state index in [9.17, 15) is 9.59 Å². The van der Waals surface area contributed by atoms with E-state index in [0.717, 1.165) is 12.0 Å². The molecule has 3 rings (SSSR count). The normalized spacial score (nSPS) is 12.2. The largest absolute Gasteiger partial charge is 0.341 e. The molecule has 0 N–H and O–H groups in total. The van der Waals surface area contributed by atoms with E-state index >= 15 is 0 Å². The Morgan fingerprint density at radius 3 is 2.63 bits per heavy atom. The fourth-order valence-corrected chi connectivity index (χ4v) is 4.44. The van der Waals surface area contributed by atoms with E-state index in [0.29, 0.717) is 22.6 Å². The second kappa shape index (κ2) is 9.47. The lowest BCUT2D eigenvalue weighted by Crippen LogP contribution is -2.29. The number of carbonyl (C=O) groups excluding carboxylic acids is 1. The SMILES string of the molecule is CC[C@@H](C)n1c(SCC(=O)N(C)Cc2ccc(C)cc2C)nc2ccccc2c1=O. The number of hydrogen-bond donors (Lipinski definition) is 0. The molecular formula is C24H29N3O2S. The fraction of sp³-hybridized carbons (Fsp3) is 0.375. The number of fused-ring (bicyclic) bond motifs is 1. The van der Waals surface area contributed by atoms with Crippen molar-refractivity contribution in [1.29, 1.82) is 0 Å². The van der Waals surface area contributed by atoms with Crippen LogP contribution in [0.15, 0.2) is 52.4 Å². The van der Waals surface area contributed by atoms with Gasteiger partial charge in [-0.15, -0.1) is 0 Å². The highest BCUT2D eigenvalue weighted by Crippen LogP contribution is 2.23. The van der Waals surface area contributed by atoms with Crippen molar-refractivity contribution in [3.63, 3.8) is 0 Å². The molecule has 0 saturated carbocycles. The fourth-order valence-electron chi connectivity index (χ4n) is 3.40. The maximum absolute atomic E-state index is 13.0. The molecule has 5 nitrogen and oxygen atoms in total. The minimum absolute atomic E-state index is 0.0121. The predicted molar refractivity (Wildman–Crippen MR) is 124 cm³/mol. The van der Waals surface area contributed by atoms with Gasteiger partial charge in [-0.05, 0) is 50.5 Å². The molecule has 30 heavy (non-hydrogen) atoms. The van der Waals surface area contributed by atoms with E-state index in [1.165, 1.54) is 22.9 Å². The summed E-state index contributed by atoms with van der Waals surface area (Å²) in [6.45, 7) is 8.75. The summed E-state index contributed by atoms with van der Waals surface area (Å²) < 4.78 is 1.73. The van der Waals surface area contributed by atoms with Crippen LogP contribution in [-0.2, 0) is 11.3 Å². The van der Waals surface area contributed by atoms with Gasteiger partial charge < -0.3 is 4.90 Å². The summed E-state index contributed by atoms with van der Waals surface area (Å²) >= 11 is 1.33. The molecule has 3 aromatic rings. The Balaban J connectivity index is 1.80. The summed E-state index contributed by atoms with van der Waals surface area (Å²) in [6.07, 6.45) is 0.814. The van der Waals surface area contributed by atoms with Crippen LogP contribution in [-0.4, -0.2) is 33.2 Å². The highest BCUT2D eigenvalue weighted by Gasteiger charge is 2.18. The lowest BCUT2D eigenvalue weighted by molar-refractivity contribution is -0.127. The lowest BCUT2D eigenvalue weighted by Gasteiger charge is -2.20. The van der Waals surface area contributed by atoms with E-state index in [1.807, 2.05) is 39.1 Å². The van der Waals surface area contributed by atoms with E-state index in [1.54, 1.807) is 15.5 Å². The molecule has 0 aliphatic carbocycles. The van der Waals surface area contributed by atoms with Crippen LogP contribution in [0.4, 0.5) is 0 Å². The van der Waals surface area contributed by atoms with Crippen LogP contribution in [0.5, 0.6) is 0 Å². The summed E-state index contributed by atoms with van der Waals surface area (Å²) in [5.41, 5.74) is 4.16. The first kappa shape index (κ1) is 22.1. The molecule has 0 fully saturated rings. The van der Waals surface area contributed by atoms with Gasteiger partial charge in [-0.3, -0.25) is 14.2 Å². The summed E-state index contributed by atoms with van der Waals surface area (Å²) in [4.78, 5) is 32.3. The monoisotopic (exact) mass is 423 g/mol. The highest BCUT2D eigenvalue weighted by molar-refractivity contribution is 7.99. The molecule has 1 atom stereocenters. The van der Waals surface area contributed by atoms with Crippen molar-refractivity contribution in [3.8, 4) is 0 Å². The molecule has 1 heterocycles. The van der Waals surface area contributed by atoms with Crippen molar-refractivity contribution in [2.45, 2.75) is 51.9 Å². The number of hydrogen-bond acceptors (Lipinski definition) is 4. The van der Waals surface area contributed by atoms with Gasteiger partial charge in [0.15, 0.2) is 5.16 Å². The third kappa shape index (κ3) is 4.75. The Morgan fingerprint density at radius 1 is 1.20 bits per heavy atom. The molecule has 6 heteroatoms. The van der Waals surface area contributed by atoms with E-state index in [2.05, 4.69) is 32.0 Å². The van der Waals surface area contributed by atoms with Crippen molar-refractivity contribution in [2.75, 3.05) is 12.8 Å². The van der Waals surface area contributed by atoms with Gasteiger partial charge in [0, 0.05) is 19.6 Å². The Labute approximate surface area is 182 Å². The first-order chi connectivity index (χ1) is 14.3. The number of aryl methyl sites for hydroxylation is 2. The molecule has 0 spiro atoms. The topological polar surface area (TPSA) is 55.2 Å². The molecule has 0 saturated heterocycles. The average molecular weight is 424 g/mol. The molecule has 158 valence electrons. The van der Waals surface area contributed by atoms with Crippen LogP contribution in [0.2, 0.25) is 0 Å². The van der Waals surface area contributed by atoms with Gasteiger partial charge in [0.25, 0.3) is 5.56 Å². The maximum atomic E-state index is 13.0. The predicted octanol–water partition coefficient (Wildman–Crippen LogP) is 4.74. The Bertz CT molecular complexity index is 1120. The smallest absolute Gasteiger partial charge is 0.262 e. The number of nitrogens with zero attached hydrogens (tertiary/aromatic N) is 3. The number of carbonyl (C=O) groups is 1. The first-order valence-electron chi connectivity index (χ1n) is 10.3. The standard InChI is InChI=1S/C24H29N3O2S/c1-6-18(4)27-23(29)20-9-7-8-10-21(20)25-24(27)30-15-22(28)26(5)14-19-12-11-16(2)13-17(19)3/h7-13,18H,6,14-15H2,1-5H3/t18-/m1/s1. The summed E-state index contributed by atoms with van der Waals surface area (Å²) in [6, 6.07) is 13.7. The van der Waals surface area contributed by atoms with Crippen LogP contribution in [0, 0.1) is 13.8 Å². The third-order valence-corrected chi connectivity index (χ3v) is 6.40. The van der Waals surface area contributed by atoms with Gasteiger partial charge in [0.1, 0.15) is 0 Å². The molecule has 0 aliphatic heterocycles. The van der Waals surface area contributed by atoms with Gasteiger partial charge in [-0.2, -0.15) is 0 Å². The molecule has 0 bridgehead atoms. The number of aromatic nitrogens is 2. The minimum atomic E-state index is -0.0477. The van der Waals surface area contributed by atoms with E-state index in [4.69, 9.17) is 4.98 Å². The van der Waals surface area contributed by atoms with E-state index < -0.39 is 0 Å². The van der Waals surface area contributed by atoms with Crippen LogP contribution >= 0.6 is 11.8 Å². The van der Waals surface area contributed by atoms with Gasteiger partial charge >= 0.3 is 0 Å². The number of amides is 1. The molecule has 0 aliphatic rings. The van der Waals surface area contributed by atoms with Crippen LogP contribution < -0.4 is 5.56 Å². The molecular weight excluding hydrogens is 394 g/mol. The van der Waals surface area contributed by atoms with Crippen molar-refractivity contribution in [3.05, 3.63) is 69.5 Å². The number of rotatable bonds is 7. The van der Waals surface area contributed by atoms with Crippen molar-refractivity contribution < 1.29 is 4.79 Å². The Kier molecular flexibility index (Phi) is 6.98. The van der Waals surface area contributed by atoms with Crippen LogP contribution in [0.25, 0.3) is 10.9 Å². The van der Waals surface area contributed by atoms with Crippen molar-refractivity contribution in [1.82, 2.24) is 14.5 Å². The van der Waals surface area contributed by atoms with Gasteiger partial charge in [0.05, 0.1) is 16.7 Å².